The number of halogens is 1. The molecule has 40 heavy (non-hydrogen) atoms. The lowest BCUT2D eigenvalue weighted by Crippen LogP contribution is -2.53. The van der Waals surface area contributed by atoms with Gasteiger partial charge in [0.25, 0.3) is 5.91 Å². The van der Waals surface area contributed by atoms with Gasteiger partial charge in [0.1, 0.15) is 22.9 Å². The van der Waals surface area contributed by atoms with Crippen LogP contribution in [0.5, 0.6) is 0 Å². The predicted molar refractivity (Wildman–Crippen MR) is 151 cm³/mol. The van der Waals surface area contributed by atoms with Crippen LogP contribution in [-0.2, 0) is 11.8 Å². The molecule has 10 heteroatoms. The Bertz CT molecular complexity index is 1560. The van der Waals surface area contributed by atoms with Crippen molar-refractivity contribution in [3.63, 3.8) is 0 Å². The molecule has 1 atom stereocenters. The Balaban J connectivity index is 1.56. The van der Waals surface area contributed by atoms with E-state index < -0.39 is 17.7 Å². The first-order chi connectivity index (χ1) is 19.0. The number of piperidine rings is 1. The molecule has 0 aliphatic carbocycles. The van der Waals surface area contributed by atoms with E-state index in [1.54, 1.807) is 52.0 Å². The third kappa shape index (κ3) is 5.52. The number of nitrogens with zero attached hydrogens (tertiary/aromatic N) is 6. The SMILES string of the molecule is Cc1ccc(F)c2ccnc(N(C(=O)c3ccc(-c4cn(C)nn4)cc3)[C@@H]3CCCN(C(=O)OC(C)(C)C)C3)c12. The van der Waals surface area contributed by atoms with E-state index in [0.29, 0.717) is 47.2 Å². The fourth-order valence-electron chi connectivity index (χ4n) is 5.09. The minimum atomic E-state index is -0.643. The van der Waals surface area contributed by atoms with Gasteiger partial charge in [0.2, 0.25) is 0 Å². The summed E-state index contributed by atoms with van der Waals surface area (Å²) < 4.78 is 22.1. The molecule has 2 amide bonds. The summed E-state index contributed by atoms with van der Waals surface area (Å²) in [4.78, 5) is 35.1. The molecule has 2 aromatic heterocycles. The van der Waals surface area contributed by atoms with Gasteiger partial charge in [-0.2, -0.15) is 0 Å². The van der Waals surface area contributed by atoms with Crippen molar-refractivity contribution >= 4 is 28.6 Å². The summed E-state index contributed by atoms with van der Waals surface area (Å²) in [5, 5.41) is 9.08. The maximum absolute atomic E-state index is 14.9. The van der Waals surface area contributed by atoms with Gasteiger partial charge in [-0.1, -0.05) is 23.4 Å². The standard InChI is InChI=1S/C30H33FN6O3/c1-19-8-13-24(31)23-14-15-32-27(26(19)23)37(22-7-6-16-36(17-22)29(39)40-30(2,3)4)28(38)21-11-9-20(10-12-21)25-18-35(5)34-33-25/h8-15,18,22H,6-7,16-17H2,1-5H3/t22-/m1/s1. The highest BCUT2D eigenvalue weighted by molar-refractivity contribution is 6.11. The highest BCUT2D eigenvalue weighted by Crippen LogP contribution is 2.34. The van der Waals surface area contributed by atoms with E-state index in [2.05, 4.69) is 15.3 Å². The van der Waals surface area contributed by atoms with Crippen molar-refractivity contribution in [3.8, 4) is 11.3 Å². The van der Waals surface area contributed by atoms with E-state index in [-0.39, 0.29) is 18.3 Å². The number of benzene rings is 2. The first-order valence-corrected chi connectivity index (χ1v) is 13.3. The molecule has 0 unspecified atom stereocenters. The summed E-state index contributed by atoms with van der Waals surface area (Å²) in [5.41, 5.74) is 2.12. The summed E-state index contributed by atoms with van der Waals surface area (Å²) in [6, 6.07) is 11.5. The minimum absolute atomic E-state index is 0.269. The number of aryl methyl sites for hydroxylation is 2. The molecule has 0 N–H and O–H groups in total. The third-order valence-corrected chi connectivity index (χ3v) is 6.95. The third-order valence-electron chi connectivity index (χ3n) is 6.95. The quantitative estimate of drug-likeness (QED) is 0.336. The fourth-order valence-corrected chi connectivity index (χ4v) is 5.09. The molecule has 3 heterocycles. The van der Waals surface area contributed by atoms with Gasteiger partial charge in [0, 0.05) is 48.2 Å². The van der Waals surface area contributed by atoms with Crippen LogP contribution in [0.1, 0.15) is 49.5 Å². The van der Waals surface area contributed by atoms with Gasteiger partial charge in [-0.3, -0.25) is 14.4 Å². The van der Waals surface area contributed by atoms with Gasteiger partial charge in [0.05, 0.1) is 12.2 Å². The average Bonchev–Trinajstić information content (AvgIpc) is 3.36. The Morgan fingerprint density at radius 1 is 1.10 bits per heavy atom. The monoisotopic (exact) mass is 544 g/mol. The van der Waals surface area contributed by atoms with Crippen molar-refractivity contribution in [3.05, 3.63) is 71.8 Å². The van der Waals surface area contributed by atoms with Crippen molar-refractivity contribution in [2.45, 2.75) is 52.2 Å². The van der Waals surface area contributed by atoms with Crippen LogP contribution in [0.3, 0.4) is 0 Å². The molecule has 0 spiro atoms. The lowest BCUT2D eigenvalue weighted by Gasteiger charge is -2.39. The summed E-state index contributed by atoms with van der Waals surface area (Å²) in [5.74, 6) is -0.303. The second-order valence-electron chi connectivity index (χ2n) is 11.2. The number of fused-ring (bicyclic) bond motifs is 1. The lowest BCUT2D eigenvalue weighted by molar-refractivity contribution is 0.0196. The summed E-state index contributed by atoms with van der Waals surface area (Å²) >= 11 is 0. The normalized spacial score (nSPS) is 15.8. The van der Waals surface area contributed by atoms with Crippen LogP contribution in [-0.4, -0.2) is 61.6 Å². The Morgan fingerprint density at radius 3 is 2.52 bits per heavy atom. The molecule has 1 fully saturated rings. The molecule has 1 aliphatic rings. The van der Waals surface area contributed by atoms with E-state index in [9.17, 15) is 14.0 Å². The molecular weight excluding hydrogens is 511 g/mol. The van der Waals surface area contributed by atoms with Crippen molar-refractivity contribution in [2.24, 2.45) is 7.05 Å². The molecule has 0 radical (unpaired) electrons. The molecular formula is C30H33FN6O3. The van der Waals surface area contributed by atoms with Crippen LogP contribution in [0, 0.1) is 12.7 Å². The number of carbonyl (C=O) groups is 2. The van der Waals surface area contributed by atoms with E-state index >= 15 is 0 Å². The van der Waals surface area contributed by atoms with Crippen molar-refractivity contribution in [1.29, 1.82) is 0 Å². The Kier molecular flexibility index (Phi) is 7.27. The van der Waals surface area contributed by atoms with Gasteiger partial charge < -0.3 is 9.64 Å². The largest absolute Gasteiger partial charge is 0.444 e. The zero-order valence-corrected chi connectivity index (χ0v) is 23.4. The summed E-state index contributed by atoms with van der Waals surface area (Å²) in [6.45, 7) is 8.14. The van der Waals surface area contributed by atoms with Crippen molar-refractivity contribution < 1.29 is 18.7 Å². The van der Waals surface area contributed by atoms with E-state index in [4.69, 9.17) is 4.74 Å². The number of ether oxygens (including phenoxy) is 1. The Labute approximate surface area is 232 Å². The van der Waals surface area contributed by atoms with Gasteiger partial charge in [-0.25, -0.2) is 14.2 Å². The summed E-state index contributed by atoms with van der Waals surface area (Å²) in [7, 11) is 1.79. The molecule has 1 aliphatic heterocycles. The van der Waals surface area contributed by atoms with Crippen LogP contribution < -0.4 is 4.90 Å². The van der Waals surface area contributed by atoms with E-state index in [1.165, 1.54) is 12.3 Å². The summed E-state index contributed by atoms with van der Waals surface area (Å²) in [6.07, 6.45) is 4.22. The van der Waals surface area contributed by atoms with Crippen molar-refractivity contribution in [1.82, 2.24) is 24.9 Å². The molecule has 2 aromatic carbocycles. The molecule has 4 aromatic rings. The van der Waals surface area contributed by atoms with Gasteiger partial charge in [-0.15, -0.1) is 5.10 Å². The number of hydrogen-bond donors (Lipinski definition) is 0. The first-order valence-electron chi connectivity index (χ1n) is 13.3. The van der Waals surface area contributed by atoms with Gasteiger partial charge >= 0.3 is 6.09 Å². The smallest absolute Gasteiger partial charge is 0.410 e. The molecule has 5 rings (SSSR count). The number of pyridine rings is 1. The molecule has 0 bridgehead atoms. The Morgan fingerprint density at radius 2 is 1.85 bits per heavy atom. The number of anilines is 1. The predicted octanol–water partition coefficient (Wildman–Crippen LogP) is 5.52. The number of carbonyl (C=O) groups excluding carboxylic acids is 2. The maximum atomic E-state index is 14.9. The number of amides is 2. The molecule has 208 valence electrons. The molecule has 9 nitrogen and oxygen atoms in total. The topological polar surface area (TPSA) is 93.5 Å². The van der Waals surface area contributed by atoms with Crippen LogP contribution in [0.25, 0.3) is 22.0 Å². The fraction of sp³-hybridized carbons (Fsp3) is 0.367. The van der Waals surface area contributed by atoms with E-state index in [0.717, 1.165) is 11.1 Å². The Hall–Kier alpha value is -4.34. The number of likely N-dealkylation sites (tertiary alicyclic amines) is 1. The minimum Gasteiger partial charge on any atom is -0.444 e. The van der Waals surface area contributed by atoms with E-state index in [1.807, 2.05) is 39.8 Å². The van der Waals surface area contributed by atoms with Crippen LogP contribution in [0.2, 0.25) is 0 Å². The van der Waals surface area contributed by atoms with Crippen molar-refractivity contribution in [2.75, 3.05) is 18.0 Å². The zero-order chi connectivity index (χ0) is 28.6. The van der Waals surface area contributed by atoms with Crippen LogP contribution >= 0.6 is 0 Å². The van der Waals surface area contributed by atoms with Crippen LogP contribution in [0.15, 0.2) is 54.9 Å². The second kappa shape index (κ2) is 10.7. The van der Waals surface area contributed by atoms with Crippen LogP contribution in [0.4, 0.5) is 15.0 Å². The number of hydrogen-bond acceptors (Lipinski definition) is 6. The second-order valence-corrected chi connectivity index (χ2v) is 11.2. The lowest BCUT2D eigenvalue weighted by atomic mass is 10.00. The average molecular weight is 545 g/mol. The zero-order valence-electron chi connectivity index (χ0n) is 23.4. The molecule has 0 saturated carbocycles. The first kappa shape index (κ1) is 27.2. The highest BCUT2D eigenvalue weighted by Gasteiger charge is 2.35. The van der Waals surface area contributed by atoms with Gasteiger partial charge in [0.15, 0.2) is 0 Å². The highest BCUT2D eigenvalue weighted by atomic mass is 19.1. The van der Waals surface area contributed by atoms with Gasteiger partial charge in [-0.05, 0) is 70.4 Å². The molecule has 1 saturated heterocycles. The maximum Gasteiger partial charge on any atom is 0.410 e. The number of rotatable bonds is 4. The number of aromatic nitrogens is 4.